The van der Waals surface area contributed by atoms with E-state index in [9.17, 15) is 13.2 Å². The van der Waals surface area contributed by atoms with Gasteiger partial charge in [-0.15, -0.1) is 16.9 Å². The monoisotopic (exact) mass is 480 g/mol. The number of aryl methyl sites for hydroxylation is 1. The van der Waals surface area contributed by atoms with Gasteiger partial charge in [0.25, 0.3) is 15.9 Å². The third-order valence-electron chi connectivity index (χ3n) is 4.71. The van der Waals surface area contributed by atoms with Gasteiger partial charge in [-0.3, -0.25) is 14.8 Å². The molecule has 0 saturated carbocycles. The number of para-hydroxylation sites is 1. The first-order valence-corrected chi connectivity index (χ1v) is 12.5. The molecule has 3 aromatic carbocycles. The Kier molecular flexibility index (Phi) is 6.47. The summed E-state index contributed by atoms with van der Waals surface area (Å²) in [6, 6.07) is 20.2. The van der Waals surface area contributed by atoms with E-state index in [1.54, 1.807) is 36.0 Å². The second-order valence-electron chi connectivity index (χ2n) is 7.06. The number of anilines is 2. The number of rotatable bonds is 7. The summed E-state index contributed by atoms with van der Waals surface area (Å²) in [6.45, 7) is 1.87. The number of nitrogens with one attached hydrogen (secondary N) is 2. The molecule has 0 fully saturated rings. The summed E-state index contributed by atoms with van der Waals surface area (Å²) in [5.41, 5.74) is 1.90. The van der Waals surface area contributed by atoms with Gasteiger partial charge in [0.05, 0.1) is 16.1 Å². The second kappa shape index (κ2) is 9.47. The fourth-order valence-electron chi connectivity index (χ4n) is 3.00. The lowest BCUT2D eigenvalue weighted by molar-refractivity contribution is 0.102. The van der Waals surface area contributed by atoms with Gasteiger partial charge in [-0.25, -0.2) is 8.42 Å². The van der Waals surface area contributed by atoms with Crippen molar-refractivity contribution in [2.24, 2.45) is 0 Å². The van der Waals surface area contributed by atoms with Crippen LogP contribution in [0, 0.1) is 6.92 Å². The molecular formula is C23H20N4O4S2. The largest absolute Gasteiger partial charge is 0.403 e. The van der Waals surface area contributed by atoms with Crippen LogP contribution in [0.25, 0.3) is 11.5 Å². The minimum atomic E-state index is -3.88. The third-order valence-corrected chi connectivity index (χ3v) is 6.82. The van der Waals surface area contributed by atoms with Crippen molar-refractivity contribution in [1.82, 2.24) is 10.2 Å². The van der Waals surface area contributed by atoms with Crippen molar-refractivity contribution < 1.29 is 17.6 Å². The molecule has 4 aromatic rings. The van der Waals surface area contributed by atoms with Gasteiger partial charge in [0.15, 0.2) is 0 Å². The van der Waals surface area contributed by atoms with Crippen LogP contribution in [0.2, 0.25) is 0 Å². The average molecular weight is 481 g/mol. The van der Waals surface area contributed by atoms with E-state index in [-0.39, 0.29) is 28.1 Å². The molecule has 33 heavy (non-hydrogen) atoms. The Balaban J connectivity index is 1.54. The topological polar surface area (TPSA) is 114 Å². The molecule has 1 aromatic heterocycles. The zero-order chi connectivity index (χ0) is 23.4. The highest BCUT2D eigenvalue weighted by Gasteiger charge is 2.20. The number of hydrogen-bond acceptors (Lipinski definition) is 7. The lowest BCUT2D eigenvalue weighted by Crippen LogP contribution is -2.18. The minimum Gasteiger partial charge on any atom is -0.403 e. The molecule has 2 N–H and O–H groups in total. The van der Waals surface area contributed by atoms with Crippen LogP contribution in [-0.4, -0.2) is 30.8 Å². The molecule has 168 valence electrons. The van der Waals surface area contributed by atoms with Crippen molar-refractivity contribution in [1.29, 1.82) is 0 Å². The van der Waals surface area contributed by atoms with Gasteiger partial charge in [0, 0.05) is 10.5 Å². The molecule has 8 nitrogen and oxygen atoms in total. The van der Waals surface area contributed by atoms with E-state index in [1.165, 1.54) is 24.3 Å². The van der Waals surface area contributed by atoms with E-state index < -0.39 is 15.9 Å². The smallest absolute Gasteiger partial charge is 0.322 e. The highest BCUT2D eigenvalue weighted by molar-refractivity contribution is 7.98. The van der Waals surface area contributed by atoms with Crippen LogP contribution in [-0.2, 0) is 10.0 Å². The van der Waals surface area contributed by atoms with Gasteiger partial charge in [-0.1, -0.05) is 41.0 Å². The maximum atomic E-state index is 12.9. The predicted octanol–water partition coefficient (Wildman–Crippen LogP) is 4.82. The van der Waals surface area contributed by atoms with E-state index in [2.05, 4.69) is 20.2 Å². The summed E-state index contributed by atoms with van der Waals surface area (Å²) in [4.78, 5) is 14.0. The summed E-state index contributed by atoms with van der Waals surface area (Å²) in [5.74, 6) is -0.333. The molecule has 0 aliphatic heterocycles. The molecule has 0 radical (unpaired) electrons. The first-order chi connectivity index (χ1) is 15.9. The number of carbonyl (C=O) groups excluding carboxylic acids is 1. The number of sulfonamides is 1. The number of thioether (sulfide) groups is 1. The van der Waals surface area contributed by atoms with Crippen LogP contribution in [0.4, 0.5) is 11.7 Å². The molecule has 0 atom stereocenters. The summed E-state index contributed by atoms with van der Waals surface area (Å²) in [7, 11) is -3.88. The van der Waals surface area contributed by atoms with Crippen LogP contribution < -0.4 is 10.0 Å². The lowest BCUT2D eigenvalue weighted by Gasteiger charge is -2.12. The maximum Gasteiger partial charge on any atom is 0.322 e. The van der Waals surface area contributed by atoms with Crippen molar-refractivity contribution in [3.63, 3.8) is 0 Å². The van der Waals surface area contributed by atoms with Crippen molar-refractivity contribution >= 4 is 39.4 Å². The van der Waals surface area contributed by atoms with Gasteiger partial charge in [0.1, 0.15) is 0 Å². The van der Waals surface area contributed by atoms with Gasteiger partial charge in [-0.05, 0) is 55.6 Å². The molecule has 0 spiro atoms. The molecule has 0 aliphatic rings. The van der Waals surface area contributed by atoms with Gasteiger partial charge in [-0.2, -0.15) is 0 Å². The van der Waals surface area contributed by atoms with Crippen molar-refractivity contribution in [2.75, 3.05) is 16.3 Å². The SMILES string of the molecule is CSc1cccc(-c2nnc(NC(=O)c3ccccc3NS(=O)(=O)c3ccc(C)cc3)o2)c1. The molecule has 0 aliphatic carbocycles. The second-order valence-corrected chi connectivity index (χ2v) is 9.62. The lowest BCUT2D eigenvalue weighted by atomic mass is 10.2. The quantitative estimate of drug-likeness (QED) is 0.365. The van der Waals surface area contributed by atoms with Crippen LogP contribution in [0.3, 0.4) is 0 Å². The first kappa shape index (κ1) is 22.6. The standard InChI is InChI=1S/C23H20N4O4S2/c1-15-10-12-18(13-11-15)33(29,30)27-20-9-4-3-8-19(20)21(28)24-23-26-25-22(31-23)16-6-5-7-17(14-16)32-2/h3-14,27H,1-2H3,(H,24,26,28). The Hall–Kier alpha value is -3.63. The van der Waals surface area contributed by atoms with E-state index in [1.807, 2.05) is 37.4 Å². The highest BCUT2D eigenvalue weighted by atomic mass is 32.2. The number of benzene rings is 3. The van der Waals surface area contributed by atoms with Gasteiger partial charge < -0.3 is 4.42 Å². The molecule has 0 unspecified atom stereocenters. The van der Waals surface area contributed by atoms with Crippen LogP contribution >= 0.6 is 11.8 Å². The van der Waals surface area contributed by atoms with Crippen molar-refractivity contribution in [3.05, 3.63) is 83.9 Å². The summed E-state index contributed by atoms with van der Waals surface area (Å²) < 4.78 is 33.6. The van der Waals surface area contributed by atoms with E-state index in [0.29, 0.717) is 0 Å². The van der Waals surface area contributed by atoms with Crippen molar-refractivity contribution in [2.45, 2.75) is 16.7 Å². The Morgan fingerprint density at radius 2 is 1.73 bits per heavy atom. The number of hydrogen-bond donors (Lipinski definition) is 2. The van der Waals surface area contributed by atoms with E-state index in [0.717, 1.165) is 16.0 Å². The molecule has 4 rings (SSSR count). The Morgan fingerprint density at radius 1 is 0.970 bits per heavy atom. The molecule has 1 heterocycles. The van der Waals surface area contributed by atoms with Crippen LogP contribution in [0.5, 0.6) is 0 Å². The molecule has 1 amide bonds. The normalized spacial score (nSPS) is 11.2. The zero-order valence-corrected chi connectivity index (χ0v) is 19.4. The van der Waals surface area contributed by atoms with E-state index in [4.69, 9.17) is 4.42 Å². The number of nitrogens with zero attached hydrogens (tertiary/aromatic N) is 2. The van der Waals surface area contributed by atoms with Crippen molar-refractivity contribution in [3.8, 4) is 11.5 Å². The molecular weight excluding hydrogens is 460 g/mol. The zero-order valence-electron chi connectivity index (χ0n) is 17.8. The summed E-state index contributed by atoms with van der Waals surface area (Å²) in [5, 5.41) is 10.4. The van der Waals surface area contributed by atoms with Crippen LogP contribution in [0.1, 0.15) is 15.9 Å². The summed E-state index contributed by atoms with van der Waals surface area (Å²) in [6.07, 6.45) is 1.96. The van der Waals surface area contributed by atoms with Gasteiger partial charge >= 0.3 is 6.01 Å². The fourth-order valence-corrected chi connectivity index (χ4v) is 4.54. The molecule has 0 saturated heterocycles. The third kappa shape index (κ3) is 5.24. The minimum absolute atomic E-state index is 0.0947. The average Bonchev–Trinajstić information content (AvgIpc) is 3.28. The van der Waals surface area contributed by atoms with E-state index >= 15 is 0 Å². The van der Waals surface area contributed by atoms with Crippen LogP contribution in [0.15, 0.2) is 87.0 Å². The number of carbonyl (C=O) groups is 1. The van der Waals surface area contributed by atoms with Gasteiger partial charge in [0.2, 0.25) is 5.89 Å². The maximum absolute atomic E-state index is 12.9. The molecule has 0 bridgehead atoms. The molecule has 10 heteroatoms. The first-order valence-electron chi connectivity index (χ1n) is 9.83. The fraction of sp³-hybridized carbons (Fsp3) is 0.0870. The summed E-state index contributed by atoms with van der Waals surface area (Å²) >= 11 is 1.58. The predicted molar refractivity (Wildman–Crippen MR) is 128 cm³/mol. The Bertz CT molecular complexity index is 1400. The Labute approximate surface area is 195 Å². The number of aromatic nitrogens is 2. The Morgan fingerprint density at radius 3 is 2.48 bits per heavy atom. The number of amides is 1. The highest BCUT2D eigenvalue weighted by Crippen LogP contribution is 2.26.